The Morgan fingerprint density at radius 1 is 0.639 bits per heavy atom. The number of hydrogen-bond donors (Lipinski definition) is 6. The van der Waals surface area contributed by atoms with Crippen molar-refractivity contribution in [2.75, 3.05) is 26.2 Å². The van der Waals surface area contributed by atoms with Crippen molar-refractivity contribution in [3.63, 3.8) is 0 Å². The summed E-state index contributed by atoms with van der Waals surface area (Å²) in [6, 6.07) is 0. The van der Waals surface area contributed by atoms with E-state index in [1.165, 1.54) is 51.4 Å². The smallest absolute Gasteiger partial charge is 0.194 e. The van der Waals surface area contributed by atoms with Crippen molar-refractivity contribution in [1.29, 1.82) is 0 Å². The molecule has 0 radical (unpaired) electrons. The van der Waals surface area contributed by atoms with Gasteiger partial charge in [0.25, 0.3) is 0 Å². The minimum atomic E-state index is 0.419. The lowest BCUT2D eigenvalue weighted by Gasteiger charge is -2.18. The number of hydrogen-bond acceptors (Lipinski definition) is 4. The molecule has 0 aromatic carbocycles. The zero-order valence-electron chi connectivity index (χ0n) is 23.9. The van der Waals surface area contributed by atoms with Gasteiger partial charge in [-0.05, 0) is 37.5 Å². The second kappa shape index (κ2) is 23.0. The predicted octanol–water partition coefficient (Wildman–Crippen LogP) is 4.91. The lowest BCUT2D eigenvalue weighted by atomic mass is 9.99. The summed E-state index contributed by atoms with van der Waals surface area (Å²) in [5.41, 5.74) is 12.0. The van der Waals surface area contributed by atoms with Crippen LogP contribution in [-0.4, -0.2) is 38.1 Å². The number of unbranched alkanes of at least 4 members (excludes halogenated alkanes) is 5. The number of guanidine groups is 2. The van der Waals surface area contributed by atoms with Gasteiger partial charge in [0.2, 0.25) is 0 Å². The van der Waals surface area contributed by atoms with Crippen LogP contribution in [0.25, 0.3) is 0 Å². The van der Waals surface area contributed by atoms with Crippen LogP contribution in [0.2, 0.25) is 0 Å². The van der Waals surface area contributed by atoms with E-state index in [0.29, 0.717) is 36.8 Å². The van der Waals surface area contributed by atoms with Gasteiger partial charge in [0.05, 0.1) is 11.6 Å². The Balaban J connectivity index is 3.91. The molecule has 8 N–H and O–H groups in total. The monoisotopic (exact) mass is 506 g/mol. The summed E-state index contributed by atoms with van der Waals surface area (Å²) in [7, 11) is 0. The number of nitrogens with zero attached hydrogens (tertiary/aromatic N) is 2. The molecule has 0 saturated carbocycles. The molecule has 2 unspecified atom stereocenters. The Labute approximate surface area is 222 Å². The highest BCUT2D eigenvalue weighted by Gasteiger charge is 2.07. The van der Waals surface area contributed by atoms with E-state index in [4.69, 9.17) is 11.5 Å². The Bertz CT molecular complexity index is 575. The van der Waals surface area contributed by atoms with E-state index in [-0.39, 0.29) is 0 Å². The van der Waals surface area contributed by atoms with Crippen LogP contribution in [0.15, 0.2) is 34.8 Å². The Morgan fingerprint density at radius 2 is 1.03 bits per heavy atom. The van der Waals surface area contributed by atoms with Crippen LogP contribution < -0.4 is 32.7 Å². The van der Waals surface area contributed by atoms with Crippen molar-refractivity contribution >= 4 is 11.9 Å². The quantitative estimate of drug-likeness (QED) is 0.0664. The van der Waals surface area contributed by atoms with Crippen molar-refractivity contribution in [2.24, 2.45) is 33.3 Å². The normalized spacial score (nSPS) is 13.7. The van der Waals surface area contributed by atoms with Crippen molar-refractivity contribution in [2.45, 2.75) is 105 Å². The molecule has 0 aliphatic heterocycles. The Morgan fingerprint density at radius 3 is 1.36 bits per heavy atom. The molecular formula is C28H58N8. The van der Waals surface area contributed by atoms with Crippen molar-refractivity contribution in [1.82, 2.24) is 21.3 Å². The third-order valence-electron chi connectivity index (χ3n) is 6.48. The molecule has 0 aromatic rings. The Hall–Kier alpha value is -2.38. The van der Waals surface area contributed by atoms with Gasteiger partial charge in [-0.2, -0.15) is 0 Å². The molecule has 2 atom stereocenters. The highest BCUT2D eigenvalue weighted by molar-refractivity contribution is 5.79. The summed E-state index contributed by atoms with van der Waals surface area (Å²) < 4.78 is 0. The van der Waals surface area contributed by atoms with E-state index in [1.807, 2.05) is 0 Å². The van der Waals surface area contributed by atoms with Crippen LogP contribution in [0.4, 0.5) is 0 Å². The van der Waals surface area contributed by atoms with Crippen molar-refractivity contribution in [3.8, 4) is 0 Å². The fourth-order valence-electron chi connectivity index (χ4n) is 3.87. The van der Waals surface area contributed by atoms with E-state index in [2.05, 4.69) is 72.1 Å². The molecule has 0 heterocycles. The predicted molar refractivity (Wildman–Crippen MR) is 159 cm³/mol. The van der Waals surface area contributed by atoms with E-state index >= 15 is 0 Å². The zero-order chi connectivity index (χ0) is 27.0. The zero-order valence-corrected chi connectivity index (χ0v) is 23.9. The molecule has 0 fully saturated rings. The summed E-state index contributed by atoms with van der Waals surface area (Å²) in [4.78, 5) is 8.80. The van der Waals surface area contributed by atoms with Crippen LogP contribution >= 0.6 is 0 Å². The summed E-state index contributed by atoms with van der Waals surface area (Å²) in [6.07, 6.45) is 14.0. The first-order valence-electron chi connectivity index (χ1n) is 14.3. The Kier molecular flexibility index (Phi) is 21.5. The van der Waals surface area contributed by atoms with E-state index in [1.54, 1.807) is 0 Å². The molecule has 0 saturated heterocycles. The summed E-state index contributed by atoms with van der Waals surface area (Å²) in [5, 5.41) is 12.8. The van der Waals surface area contributed by atoms with Crippen LogP contribution in [0.1, 0.15) is 105 Å². The van der Waals surface area contributed by atoms with Gasteiger partial charge in [-0.1, -0.05) is 92.2 Å². The van der Waals surface area contributed by atoms with E-state index in [9.17, 15) is 0 Å². The van der Waals surface area contributed by atoms with Crippen LogP contribution in [-0.2, 0) is 0 Å². The molecule has 8 nitrogen and oxygen atoms in total. The third-order valence-corrected chi connectivity index (χ3v) is 6.48. The lowest BCUT2D eigenvalue weighted by molar-refractivity contribution is 0.433. The maximum Gasteiger partial charge on any atom is 0.194 e. The highest BCUT2D eigenvalue weighted by Crippen LogP contribution is 2.12. The average molecular weight is 507 g/mol. The lowest BCUT2D eigenvalue weighted by Crippen LogP contribution is -2.37. The molecule has 8 heteroatoms. The molecule has 0 aliphatic carbocycles. The molecule has 0 aliphatic rings. The summed E-state index contributed by atoms with van der Waals surface area (Å²) >= 11 is 0. The van der Waals surface area contributed by atoms with Crippen molar-refractivity contribution in [3.05, 3.63) is 24.8 Å². The summed E-state index contributed by atoms with van der Waals surface area (Å²) in [6.45, 7) is 20.2. The SMILES string of the molecule is C=C(NCC(CC)CCCC)NC(N)=NCCCCCCN=C(N)NC(=C)NCC(CC)CCCC. The first kappa shape index (κ1) is 33.6. The number of aliphatic imine (C=N–C) groups is 2. The molecule has 210 valence electrons. The number of rotatable bonds is 23. The third kappa shape index (κ3) is 19.9. The molecule has 0 aromatic heterocycles. The summed E-state index contributed by atoms with van der Waals surface area (Å²) in [5.74, 6) is 3.61. The topological polar surface area (TPSA) is 125 Å². The van der Waals surface area contributed by atoms with Gasteiger partial charge in [0, 0.05) is 26.2 Å². The van der Waals surface area contributed by atoms with E-state index < -0.39 is 0 Å². The fraction of sp³-hybridized carbons (Fsp3) is 0.786. The second-order valence-corrected chi connectivity index (χ2v) is 9.75. The maximum absolute atomic E-state index is 5.98. The number of nitrogens with one attached hydrogen (secondary N) is 4. The van der Waals surface area contributed by atoms with Gasteiger partial charge >= 0.3 is 0 Å². The van der Waals surface area contributed by atoms with Gasteiger partial charge in [0.15, 0.2) is 11.9 Å². The van der Waals surface area contributed by atoms with Crippen LogP contribution in [0.5, 0.6) is 0 Å². The molecular weight excluding hydrogens is 448 g/mol. The number of nitrogens with two attached hydrogens (primary N) is 2. The minimum absolute atomic E-state index is 0.419. The highest BCUT2D eigenvalue weighted by atomic mass is 15.2. The largest absolute Gasteiger partial charge is 0.372 e. The molecule has 0 spiro atoms. The van der Waals surface area contributed by atoms with Gasteiger partial charge in [-0.15, -0.1) is 0 Å². The first-order valence-corrected chi connectivity index (χ1v) is 14.3. The van der Waals surface area contributed by atoms with Crippen molar-refractivity contribution < 1.29 is 0 Å². The van der Waals surface area contributed by atoms with Gasteiger partial charge in [-0.25, -0.2) is 0 Å². The molecule has 0 rings (SSSR count). The van der Waals surface area contributed by atoms with Gasteiger partial charge < -0.3 is 32.7 Å². The van der Waals surface area contributed by atoms with Crippen LogP contribution in [0.3, 0.4) is 0 Å². The fourth-order valence-corrected chi connectivity index (χ4v) is 3.87. The molecule has 36 heavy (non-hydrogen) atoms. The van der Waals surface area contributed by atoms with Gasteiger partial charge in [-0.3, -0.25) is 9.98 Å². The van der Waals surface area contributed by atoms with Crippen LogP contribution in [0, 0.1) is 11.8 Å². The standard InChI is InChI=1S/C28H58N8/c1-7-11-17-25(9-3)21-33-23(5)35-27(29)31-19-15-13-14-16-20-32-28(30)36-24(6)34-22-26(10-4)18-12-8-2/h25-26,33-34H,5-22H2,1-4H3,(H3,29,31,35)(H3,30,32,36). The first-order chi connectivity index (χ1) is 17.4. The molecule has 0 bridgehead atoms. The maximum atomic E-state index is 5.98. The molecule has 0 amide bonds. The second-order valence-electron chi connectivity index (χ2n) is 9.75. The van der Waals surface area contributed by atoms with E-state index in [0.717, 1.165) is 50.4 Å². The average Bonchev–Trinajstić information content (AvgIpc) is 2.85. The minimum Gasteiger partial charge on any atom is -0.372 e. The van der Waals surface area contributed by atoms with Gasteiger partial charge in [0.1, 0.15) is 0 Å².